The van der Waals surface area contributed by atoms with E-state index in [2.05, 4.69) is 19.8 Å². The maximum atomic E-state index is 13.4. The van der Waals surface area contributed by atoms with Crippen LogP contribution in [-0.2, 0) is 25.4 Å². The Morgan fingerprint density at radius 2 is 2.07 bits per heavy atom. The van der Waals surface area contributed by atoms with Crippen molar-refractivity contribution in [1.82, 2.24) is 19.7 Å². The highest BCUT2D eigenvalue weighted by Crippen LogP contribution is 2.35. The summed E-state index contributed by atoms with van der Waals surface area (Å²) in [5.74, 6) is -1.06. The summed E-state index contributed by atoms with van der Waals surface area (Å²) in [6.45, 7) is 0. The molecular formula is C18H16FIN4O5S. The molecule has 0 aromatic carbocycles. The van der Waals surface area contributed by atoms with Crippen molar-refractivity contribution in [1.29, 1.82) is 0 Å². The lowest BCUT2D eigenvalue weighted by molar-refractivity contribution is -0.170. The summed E-state index contributed by atoms with van der Waals surface area (Å²) in [7, 11) is 2.49. The minimum atomic E-state index is -1.37. The predicted molar refractivity (Wildman–Crippen MR) is 113 cm³/mol. The van der Waals surface area contributed by atoms with Crippen LogP contribution in [0.1, 0.15) is 0 Å². The Labute approximate surface area is 187 Å². The second kappa shape index (κ2) is 9.68. The molecule has 0 saturated heterocycles. The molecule has 0 N–H and O–H groups in total. The van der Waals surface area contributed by atoms with Gasteiger partial charge in [-0.05, 0) is 58.0 Å². The first-order valence-corrected chi connectivity index (χ1v) is 11.0. The Hall–Kier alpha value is -2.29. The highest BCUT2D eigenvalue weighted by atomic mass is 127. The van der Waals surface area contributed by atoms with Gasteiger partial charge in [0.1, 0.15) is 9.83 Å². The van der Waals surface area contributed by atoms with E-state index in [1.165, 1.54) is 49.7 Å². The number of carbonyl (C=O) groups is 1. The molecule has 0 saturated carbocycles. The average molecular weight is 546 g/mol. The van der Waals surface area contributed by atoms with E-state index in [0.717, 1.165) is 0 Å². The molecule has 2 unspecified atom stereocenters. The molecule has 0 aliphatic carbocycles. The van der Waals surface area contributed by atoms with Crippen LogP contribution >= 0.6 is 22.6 Å². The van der Waals surface area contributed by atoms with E-state index in [1.807, 2.05) is 22.6 Å². The number of aromatic nitrogens is 4. The molecule has 3 rings (SSSR count). The van der Waals surface area contributed by atoms with Crippen molar-refractivity contribution in [2.24, 2.45) is 0 Å². The van der Waals surface area contributed by atoms with E-state index < -0.39 is 29.4 Å². The molecule has 3 aromatic rings. The van der Waals surface area contributed by atoms with E-state index in [0.29, 0.717) is 19.7 Å². The average Bonchev–Trinajstić information content (AvgIpc) is 3.07. The molecule has 0 spiro atoms. The third kappa shape index (κ3) is 4.55. The zero-order valence-electron chi connectivity index (χ0n) is 16.0. The van der Waals surface area contributed by atoms with Gasteiger partial charge in [0.15, 0.2) is 4.90 Å². The van der Waals surface area contributed by atoms with Crippen LogP contribution in [0.2, 0.25) is 0 Å². The Kier molecular flexibility index (Phi) is 7.23. The molecule has 9 nitrogen and oxygen atoms in total. The number of rotatable bonds is 7. The van der Waals surface area contributed by atoms with Gasteiger partial charge in [-0.1, -0.05) is 0 Å². The van der Waals surface area contributed by atoms with Gasteiger partial charge in [-0.3, -0.25) is 0 Å². The summed E-state index contributed by atoms with van der Waals surface area (Å²) in [4.78, 5) is 20.3. The van der Waals surface area contributed by atoms with Crippen LogP contribution in [0, 0.1) is 9.52 Å². The highest BCUT2D eigenvalue weighted by molar-refractivity contribution is 14.1. The topological polar surface area (TPSA) is 111 Å². The van der Waals surface area contributed by atoms with Crippen molar-refractivity contribution < 1.29 is 27.9 Å². The fraction of sp³-hybridized carbons (Fsp3) is 0.222. The number of nitrogens with zero attached hydrogens (tertiary/aromatic N) is 4. The lowest BCUT2D eigenvalue weighted by Crippen LogP contribution is -2.30. The van der Waals surface area contributed by atoms with E-state index >= 15 is 0 Å². The van der Waals surface area contributed by atoms with Gasteiger partial charge in [0.05, 0.1) is 12.8 Å². The molecule has 12 heteroatoms. The largest absolute Gasteiger partial charge is 0.612 e. The molecule has 0 aliphatic rings. The third-order valence-corrected chi connectivity index (χ3v) is 5.80. The smallest absolute Gasteiger partial charge is 0.376 e. The molecular weight excluding hydrogens is 530 g/mol. The van der Waals surface area contributed by atoms with Crippen molar-refractivity contribution in [2.45, 2.75) is 11.2 Å². The number of hydrogen-bond acceptors (Lipinski definition) is 8. The standard InChI is InChI=1S/C18H16FIN4O5S/c1-27-17(25)18(28-2)29-16-13(20)14(10-6-7-12(19)22-9-10)24(23-16)15-11(30(3)26)5-4-8-21-15/h4-9,18H,1-3H3. The van der Waals surface area contributed by atoms with Crippen molar-refractivity contribution >= 4 is 39.7 Å². The van der Waals surface area contributed by atoms with Gasteiger partial charge in [-0.2, -0.15) is 4.39 Å². The Morgan fingerprint density at radius 3 is 2.67 bits per heavy atom. The highest BCUT2D eigenvalue weighted by Gasteiger charge is 2.29. The van der Waals surface area contributed by atoms with Crippen molar-refractivity contribution in [3.05, 3.63) is 46.2 Å². The maximum absolute atomic E-state index is 13.4. The van der Waals surface area contributed by atoms with E-state index in [9.17, 15) is 13.7 Å². The lowest BCUT2D eigenvalue weighted by Gasteiger charge is -2.13. The molecule has 158 valence electrons. The summed E-state index contributed by atoms with van der Waals surface area (Å²) in [5.41, 5.74) is 0.969. The quantitative estimate of drug-likeness (QED) is 0.146. The first kappa shape index (κ1) is 22.4. The first-order valence-electron chi connectivity index (χ1n) is 8.34. The maximum Gasteiger partial charge on any atom is 0.376 e. The first-order chi connectivity index (χ1) is 14.4. The van der Waals surface area contributed by atoms with Gasteiger partial charge in [-0.15, -0.1) is 5.10 Å². The van der Waals surface area contributed by atoms with Crippen LogP contribution in [0.4, 0.5) is 4.39 Å². The van der Waals surface area contributed by atoms with Gasteiger partial charge in [0.2, 0.25) is 17.6 Å². The number of ether oxygens (including phenoxy) is 3. The lowest BCUT2D eigenvalue weighted by atomic mass is 10.2. The van der Waals surface area contributed by atoms with Gasteiger partial charge >= 0.3 is 12.3 Å². The Balaban J connectivity index is 2.20. The third-order valence-electron chi connectivity index (χ3n) is 3.89. The number of pyridine rings is 2. The normalized spacial score (nSPS) is 13.0. The number of halogens is 2. The van der Waals surface area contributed by atoms with E-state index in [1.54, 1.807) is 12.1 Å². The van der Waals surface area contributed by atoms with Crippen LogP contribution in [0.5, 0.6) is 5.88 Å². The van der Waals surface area contributed by atoms with E-state index in [-0.39, 0.29) is 11.7 Å². The molecule has 3 aromatic heterocycles. The fourth-order valence-electron chi connectivity index (χ4n) is 2.53. The number of carbonyl (C=O) groups excluding carboxylic acids is 1. The van der Waals surface area contributed by atoms with Crippen LogP contribution in [0.15, 0.2) is 41.6 Å². The monoisotopic (exact) mass is 546 g/mol. The molecule has 0 amide bonds. The van der Waals surface area contributed by atoms with Crippen LogP contribution in [0.3, 0.4) is 0 Å². The van der Waals surface area contributed by atoms with Gasteiger partial charge in [0, 0.05) is 25.1 Å². The summed E-state index contributed by atoms with van der Waals surface area (Å²) in [6, 6.07) is 6.03. The fourth-order valence-corrected chi connectivity index (χ4v) is 3.97. The van der Waals surface area contributed by atoms with Crippen LogP contribution < -0.4 is 4.74 Å². The molecule has 0 fully saturated rings. The molecule has 0 aliphatic heterocycles. The summed E-state index contributed by atoms with van der Waals surface area (Å²) in [6.07, 6.45) is 3.02. The number of methoxy groups -OCH3 is 2. The van der Waals surface area contributed by atoms with Crippen molar-refractivity contribution in [3.8, 4) is 23.0 Å². The number of hydrogen-bond donors (Lipinski definition) is 0. The molecule has 3 heterocycles. The SMILES string of the molecule is COC(=O)C(OC)Oc1nn(-c2ncccc2[S+](C)[O-])c(-c2ccc(F)nc2)c1I. The van der Waals surface area contributed by atoms with Gasteiger partial charge in [0.25, 0.3) is 0 Å². The molecule has 2 atom stereocenters. The minimum absolute atomic E-state index is 0.0469. The Morgan fingerprint density at radius 1 is 1.30 bits per heavy atom. The number of esters is 1. The molecule has 0 radical (unpaired) electrons. The van der Waals surface area contributed by atoms with Crippen LogP contribution in [0.25, 0.3) is 17.1 Å². The Bertz CT molecular complexity index is 1050. The van der Waals surface area contributed by atoms with Crippen molar-refractivity contribution in [3.63, 3.8) is 0 Å². The molecule has 30 heavy (non-hydrogen) atoms. The van der Waals surface area contributed by atoms with Gasteiger partial charge in [-0.25, -0.2) is 19.4 Å². The van der Waals surface area contributed by atoms with E-state index in [4.69, 9.17) is 9.47 Å². The summed E-state index contributed by atoms with van der Waals surface area (Å²) < 4.78 is 42.8. The minimum Gasteiger partial charge on any atom is -0.612 e. The zero-order chi connectivity index (χ0) is 21.8. The predicted octanol–water partition coefficient (Wildman–Crippen LogP) is 2.33. The summed E-state index contributed by atoms with van der Waals surface area (Å²) in [5, 5.41) is 4.41. The second-order valence-corrected chi connectivity index (χ2v) is 8.16. The van der Waals surface area contributed by atoms with Crippen molar-refractivity contribution in [2.75, 3.05) is 20.5 Å². The molecule has 0 bridgehead atoms. The summed E-state index contributed by atoms with van der Waals surface area (Å²) >= 11 is 0.605. The zero-order valence-corrected chi connectivity index (χ0v) is 19.0. The second-order valence-electron chi connectivity index (χ2n) is 5.74. The van der Waals surface area contributed by atoms with Crippen LogP contribution in [-0.4, -0.2) is 57.0 Å². The van der Waals surface area contributed by atoms with Gasteiger partial charge < -0.3 is 18.8 Å².